The molecule has 0 aliphatic carbocycles. The van der Waals surface area contributed by atoms with Crippen molar-refractivity contribution >= 4 is 17.9 Å². The summed E-state index contributed by atoms with van der Waals surface area (Å²) in [7, 11) is 1.63. The molecular formula is C23H24N2O3. The number of nitrogens with zero attached hydrogens (tertiary/aromatic N) is 1. The Bertz CT molecular complexity index is 912. The fourth-order valence-corrected chi connectivity index (χ4v) is 2.98. The van der Waals surface area contributed by atoms with Gasteiger partial charge in [0.15, 0.2) is 5.78 Å². The number of nitrogens with one attached hydrogen (secondary N) is 1. The molecule has 2 amide bonds. The molecule has 0 spiro atoms. The van der Waals surface area contributed by atoms with Crippen LogP contribution in [0.1, 0.15) is 29.7 Å². The molecule has 2 aromatic carbocycles. The normalized spacial score (nSPS) is 16.7. The summed E-state index contributed by atoms with van der Waals surface area (Å²) in [4.78, 5) is 26.4. The number of urea groups is 1. The van der Waals surface area contributed by atoms with Crippen LogP contribution in [0.4, 0.5) is 4.79 Å². The van der Waals surface area contributed by atoms with E-state index in [4.69, 9.17) is 4.74 Å². The molecule has 1 aliphatic rings. The van der Waals surface area contributed by atoms with Crippen LogP contribution < -0.4 is 10.1 Å². The zero-order chi connectivity index (χ0) is 20.1. The van der Waals surface area contributed by atoms with Crippen LogP contribution in [0, 0.1) is 6.92 Å². The lowest BCUT2D eigenvalue weighted by atomic mass is 9.94. The van der Waals surface area contributed by atoms with E-state index in [-0.39, 0.29) is 11.8 Å². The van der Waals surface area contributed by atoms with Crippen molar-refractivity contribution in [2.45, 2.75) is 19.9 Å². The van der Waals surface area contributed by atoms with Crippen LogP contribution in [-0.2, 0) is 4.79 Å². The van der Waals surface area contributed by atoms with Crippen molar-refractivity contribution in [3.05, 3.63) is 83.1 Å². The summed E-state index contributed by atoms with van der Waals surface area (Å²) in [5.41, 5.74) is 3.42. The quantitative estimate of drug-likeness (QED) is 0.767. The zero-order valence-electron chi connectivity index (χ0n) is 16.3. The first-order chi connectivity index (χ1) is 13.5. The van der Waals surface area contributed by atoms with Gasteiger partial charge in [-0.2, -0.15) is 0 Å². The summed E-state index contributed by atoms with van der Waals surface area (Å²) >= 11 is 0. The van der Waals surface area contributed by atoms with Gasteiger partial charge in [-0.05, 0) is 43.2 Å². The molecule has 144 valence electrons. The largest absolute Gasteiger partial charge is 0.494 e. The van der Waals surface area contributed by atoms with Crippen LogP contribution in [-0.4, -0.2) is 30.4 Å². The van der Waals surface area contributed by atoms with Crippen LogP contribution in [0.15, 0.2) is 66.4 Å². The molecule has 1 heterocycles. The first-order valence-corrected chi connectivity index (χ1v) is 9.25. The van der Waals surface area contributed by atoms with Crippen LogP contribution in [0.25, 0.3) is 6.08 Å². The first kappa shape index (κ1) is 19.4. The lowest BCUT2D eigenvalue weighted by molar-refractivity contribution is -0.111. The highest BCUT2D eigenvalue weighted by Crippen LogP contribution is 2.27. The number of ketones is 1. The number of hydrogen-bond donors (Lipinski definition) is 1. The molecule has 1 unspecified atom stereocenters. The molecule has 0 bridgehead atoms. The first-order valence-electron chi connectivity index (χ1n) is 9.25. The Morgan fingerprint density at radius 3 is 2.46 bits per heavy atom. The van der Waals surface area contributed by atoms with E-state index in [0.29, 0.717) is 12.2 Å². The summed E-state index contributed by atoms with van der Waals surface area (Å²) < 4.78 is 5.43. The standard InChI is InChI=1S/C23H24N2O3/c1-4-28-19-12-7-17(8-13-19)9-14-21(26)20-15-25(3)23(27)24-22(20)18-10-5-16(2)6-11-18/h5-15,22H,4H2,1-3H3,(H,24,27)/b14-9+. The molecule has 0 saturated carbocycles. The van der Waals surface area contributed by atoms with E-state index in [9.17, 15) is 9.59 Å². The Kier molecular flexibility index (Phi) is 5.94. The highest BCUT2D eigenvalue weighted by Gasteiger charge is 2.29. The maximum Gasteiger partial charge on any atom is 0.321 e. The van der Waals surface area contributed by atoms with Gasteiger partial charge in [0.1, 0.15) is 5.75 Å². The Balaban J connectivity index is 1.83. The fourth-order valence-electron chi connectivity index (χ4n) is 2.98. The third kappa shape index (κ3) is 4.49. The number of aryl methyl sites for hydroxylation is 1. The molecule has 3 rings (SSSR count). The van der Waals surface area contributed by atoms with E-state index in [1.54, 1.807) is 19.3 Å². The minimum atomic E-state index is -0.471. The Morgan fingerprint density at radius 2 is 1.82 bits per heavy atom. The average molecular weight is 376 g/mol. The van der Waals surface area contributed by atoms with Crippen molar-refractivity contribution < 1.29 is 14.3 Å². The minimum Gasteiger partial charge on any atom is -0.494 e. The molecule has 28 heavy (non-hydrogen) atoms. The molecule has 0 saturated heterocycles. The molecule has 2 aromatic rings. The lowest BCUT2D eigenvalue weighted by Gasteiger charge is -2.29. The highest BCUT2D eigenvalue weighted by molar-refractivity contribution is 6.08. The third-order valence-corrected chi connectivity index (χ3v) is 4.55. The molecule has 1 N–H and O–H groups in total. The molecular weight excluding hydrogens is 352 g/mol. The Morgan fingerprint density at radius 1 is 1.14 bits per heavy atom. The van der Waals surface area contributed by atoms with Gasteiger partial charge >= 0.3 is 6.03 Å². The van der Waals surface area contributed by atoms with Crippen molar-refractivity contribution in [2.24, 2.45) is 0 Å². The van der Waals surface area contributed by atoms with E-state index < -0.39 is 6.04 Å². The summed E-state index contributed by atoms with van der Waals surface area (Å²) in [5, 5.41) is 2.90. The van der Waals surface area contributed by atoms with E-state index >= 15 is 0 Å². The van der Waals surface area contributed by atoms with Crippen LogP contribution >= 0.6 is 0 Å². The number of allylic oxidation sites excluding steroid dienone is 1. The van der Waals surface area contributed by atoms with Gasteiger partial charge in [-0.25, -0.2) is 4.79 Å². The maximum absolute atomic E-state index is 12.9. The second-order valence-electron chi connectivity index (χ2n) is 6.69. The van der Waals surface area contributed by atoms with E-state index in [1.165, 1.54) is 11.0 Å². The van der Waals surface area contributed by atoms with Gasteiger partial charge in [0, 0.05) is 18.8 Å². The number of amides is 2. The number of benzene rings is 2. The fraction of sp³-hybridized carbons (Fsp3) is 0.217. The highest BCUT2D eigenvalue weighted by atomic mass is 16.5. The Labute approximate surface area is 165 Å². The average Bonchev–Trinajstić information content (AvgIpc) is 2.70. The van der Waals surface area contributed by atoms with Crippen LogP contribution in [0.5, 0.6) is 5.75 Å². The summed E-state index contributed by atoms with van der Waals surface area (Å²) in [6.07, 6.45) is 4.91. The number of carbonyl (C=O) groups is 2. The van der Waals surface area contributed by atoms with Crippen molar-refractivity contribution in [1.29, 1.82) is 0 Å². The summed E-state index contributed by atoms with van der Waals surface area (Å²) in [5.74, 6) is 0.649. The van der Waals surface area contributed by atoms with Gasteiger partial charge in [-0.1, -0.05) is 48.0 Å². The molecule has 0 aromatic heterocycles. The van der Waals surface area contributed by atoms with E-state index in [0.717, 1.165) is 22.4 Å². The topological polar surface area (TPSA) is 58.6 Å². The van der Waals surface area contributed by atoms with Crippen LogP contribution in [0.3, 0.4) is 0 Å². The monoisotopic (exact) mass is 376 g/mol. The van der Waals surface area contributed by atoms with Gasteiger partial charge in [-0.15, -0.1) is 0 Å². The second kappa shape index (κ2) is 8.57. The predicted octanol–water partition coefficient (Wildman–Crippen LogP) is 4.26. The number of carbonyl (C=O) groups excluding carboxylic acids is 2. The number of ether oxygens (including phenoxy) is 1. The molecule has 5 nitrogen and oxygen atoms in total. The minimum absolute atomic E-state index is 0.147. The Hall–Kier alpha value is -3.34. The zero-order valence-corrected chi connectivity index (χ0v) is 16.3. The number of rotatable bonds is 6. The summed E-state index contributed by atoms with van der Waals surface area (Å²) in [6, 6.07) is 14.6. The third-order valence-electron chi connectivity index (χ3n) is 4.55. The van der Waals surface area contributed by atoms with Crippen molar-refractivity contribution in [3.63, 3.8) is 0 Å². The lowest BCUT2D eigenvalue weighted by Crippen LogP contribution is -2.43. The SMILES string of the molecule is CCOc1ccc(/C=C/C(=O)C2=CN(C)C(=O)NC2c2ccc(C)cc2)cc1. The maximum atomic E-state index is 12.9. The molecule has 1 aliphatic heterocycles. The van der Waals surface area contributed by atoms with Crippen LogP contribution in [0.2, 0.25) is 0 Å². The molecule has 1 atom stereocenters. The van der Waals surface area contributed by atoms with Gasteiger partial charge in [0.05, 0.1) is 12.6 Å². The predicted molar refractivity (Wildman–Crippen MR) is 110 cm³/mol. The van der Waals surface area contributed by atoms with Gasteiger partial charge in [0.25, 0.3) is 0 Å². The number of hydrogen-bond acceptors (Lipinski definition) is 3. The summed E-state index contributed by atoms with van der Waals surface area (Å²) in [6.45, 7) is 4.55. The van der Waals surface area contributed by atoms with E-state index in [2.05, 4.69) is 5.32 Å². The van der Waals surface area contributed by atoms with Gasteiger partial charge in [0.2, 0.25) is 0 Å². The van der Waals surface area contributed by atoms with Crippen molar-refractivity contribution in [3.8, 4) is 5.75 Å². The van der Waals surface area contributed by atoms with Crippen molar-refractivity contribution in [1.82, 2.24) is 10.2 Å². The smallest absolute Gasteiger partial charge is 0.321 e. The molecule has 0 fully saturated rings. The van der Waals surface area contributed by atoms with E-state index in [1.807, 2.05) is 62.4 Å². The second-order valence-corrected chi connectivity index (χ2v) is 6.69. The van der Waals surface area contributed by atoms with Crippen molar-refractivity contribution in [2.75, 3.05) is 13.7 Å². The molecule has 5 heteroatoms. The molecule has 0 radical (unpaired) electrons. The van der Waals surface area contributed by atoms with Gasteiger partial charge in [-0.3, -0.25) is 4.79 Å². The van der Waals surface area contributed by atoms with Gasteiger partial charge < -0.3 is 15.0 Å².